The molecule has 0 aliphatic carbocycles. The maximum atomic E-state index is 12.7. The minimum atomic E-state index is -0.166. The van der Waals surface area contributed by atoms with Crippen LogP contribution in [0.15, 0.2) is 28.7 Å². The van der Waals surface area contributed by atoms with Crippen molar-refractivity contribution >= 4 is 44.2 Å². The highest BCUT2D eigenvalue weighted by Crippen LogP contribution is 2.27. The summed E-state index contributed by atoms with van der Waals surface area (Å²) in [4.78, 5) is 26.9. The smallest absolute Gasteiger partial charge is 0.227 e. The summed E-state index contributed by atoms with van der Waals surface area (Å²) in [5.74, 6) is -0.0755. The summed E-state index contributed by atoms with van der Waals surface area (Å²) in [5.41, 5.74) is 0.864. The van der Waals surface area contributed by atoms with Crippen LogP contribution in [0.4, 0.5) is 5.13 Å². The number of hydrogen-bond donors (Lipinski definition) is 1. The second kappa shape index (κ2) is 10.3. The molecule has 0 saturated carbocycles. The van der Waals surface area contributed by atoms with Gasteiger partial charge in [-0.15, -0.1) is 10.2 Å². The van der Waals surface area contributed by atoms with E-state index < -0.39 is 0 Å². The van der Waals surface area contributed by atoms with E-state index in [4.69, 9.17) is 0 Å². The van der Waals surface area contributed by atoms with Gasteiger partial charge in [0.1, 0.15) is 5.01 Å². The highest BCUT2D eigenvalue weighted by Gasteiger charge is 2.24. The largest absolute Gasteiger partial charge is 0.339 e. The van der Waals surface area contributed by atoms with Crippen molar-refractivity contribution in [1.29, 1.82) is 0 Å². The van der Waals surface area contributed by atoms with Crippen LogP contribution in [-0.4, -0.2) is 39.5 Å². The lowest BCUT2D eigenvalue weighted by atomic mass is 9.91. The molecule has 1 heterocycles. The van der Waals surface area contributed by atoms with Gasteiger partial charge in [-0.25, -0.2) is 0 Å². The zero-order chi connectivity index (χ0) is 21.6. The summed E-state index contributed by atoms with van der Waals surface area (Å²) < 4.78 is 0.992. The molecule has 0 radical (unpaired) electrons. The second-order valence-electron chi connectivity index (χ2n) is 8.30. The SMILES string of the molecule is CCC(C)N(CCC(=O)Nc1nnc(-c2ccc(Br)cc2)s1)C(=O)CC(C)(C)C. The highest BCUT2D eigenvalue weighted by atomic mass is 79.9. The quantitative estimate of drug-likeness (QED) is 0.551. The Kier molecular flexibility index (Phi) is 8.34. The standard InChI is InChI=1S/C21H29BrN4O2S/c1-6-14(2)26(18(28)13-21(3,4)5)12-11-17(27)23-20-25-24-19(29-20)15-7-9-16(22)10-8-15/h7-10,14H,6,11-13H2,1-5H3,(H,23,25,27). The third-order valence-electron chi connectivity index (χ3n) is 4.47. The zero-order valence-corrected chi connectivity index (χ0v) is 20.1. The fraction of sp³-hybridized carbons (Fsp3) is 0.524. The Morgan fingerprint density at radius 2 is 1.86 bits per heavy atom. The predicted molar refractivity (Wildman–Crippen MR) is 122 cm³/mol. The van der Waals surface area contributed by atoms with Gasteiger partial charge in [0.15, 0.2) is 0 Å². The first kappa shape index (κ1) is 23.5. The van der Waals surface area contributed by atoms with E-state index in [0.29, 0.717) is 18.1 Å². The van der Waals surface area contributed by atoms with Gasteiger partial charge in [-0.3, -0.25) is 9.59 Å². The molecule has 1 aromatic carbocycles. The van der Waals surface area contributed by atoms with Crippen molar-refractivity contribution in [3.05, 3.63) is 28.7 Å². The third-order valence-corrected chi connectivity index (χ3v) is 5.88. The summed E-state index contributed by atoms with van der Waals surface area (Å²) in [6.45, 7) is 10.6. The van der Waals surface area contributed by atoms with Crippen molar-refractivity contribution in [1.82, 2.24) is 15.1 Å². The summed E-state index contributed by atoms with van der Waals surface area (Å²) in [7, 11) is 0. The number of rotatable bonds is 8. The molecule has 1 N–H and O–H groups in total. The molecule has 0 saturated heterocycles. The molecule has 0 bridgehead atoms. The van der Waals surface area contributed by atoms with Crippen LogP contribution in [-0.2, 0) is 9.59 Å². The van der Waals surface area contributed by atoms with E-state index >= 15 is 0 Å². The molecule has 6 nitrogen and oxygen atoms in total. The number of benzene rings is 1. The van der Waals surface area contributed by atoms with Crippen molar-refractivity contribution in [2.45, 2.75) is 59.9 Å². The molecule has 2 rings (SSSR count). The number of amides is 2. The number of carbonyl (C=O) groups is 2. The first-order valence-electron chi connectivity index (χ1n) is 9.78. The number of halogens is 1. The Morgan fingerprint density at radius 1 is 1.21 bits per heavy atom. The van der Waals surface area contributed by atoms with Crippen LogP contribution in [0.2, 0.25) is 0 Å². The van der Waals surface area contributed by atoms with E-state index in [2.05, 4.69) is 31.4 Å². The molecule has 0 spiro atoms. The van der Waals surface area contributed by atoms with Gasteiger partial charge in [0, 0.05) is 35.5 Å². The minimum Gasteiger partial charge on any atom is -0.339 e. The number of nitrogens with zero attached hydrogens (tertiary/aromatic N) is 3. The summed E-state index contributed by atoms with van der Waals surface area (Å²) in [5, 5.41) is 12.2. The average molecular weight is 481 g/mol. The van der Waals surface area contributed by atoms with E-state index in [9.17, 15) is 9.59 Å². The molecule has 158 valence electrons. The Hall–Kier alpha value is -1.80. The van der Waals surface area contributed by atoms with Crippen molar-refractivity contribution in [2.75, 3.05) is 11.9 Å². The van der Waals surface area contributed by atoms with Crippen LogP contribution < -0.4 is 5.32 Å². The Labute approximate surface area is 185 Å². The fourth-order valence-electron chi connectivity index (χ4n) is 2.75. The maximum Gasteiger partial charge on any atom is 0.227 e. The van der Waals surface area contributed by atoms with E-state index in [-0.39, 0.29) is 29.7 Å². The van der Waals surface area contributed by atoms with Gasteiger partial charge in [0.05, 0.1) is 0 Å². The monoisotopic (exact) mass is 480 g/mol. The number of anilines is 1. The van der Waals surface area contributed by atoms with Crippen molar-refractivity contribution in [3.63, 3.8) is 0 Å². The number of carbonyl (C=O) groups excluding carboxylic acids is 2. The highest BCUT2D eigenvalue weighted by molar-refractivity contribution is 9.10. The van der Waals surface area contributed by atoms with Gasteiger partial charge >= 0.3 is 0 Å². The molecule has 0 aliphatic rings. The van der Waals surface area contributed by atoms with Gasteiger partial charge in [-0.05, 0) is 30.9 Å². The van der Waals surface area contributed by atoms with E-state index in [0.717, 1.165) is 21.5 Å². The number of nitrogens with one attached hydrogen (secondary N) is 1. The summed E-state index contributed by atoms with van der Waals surface area (Å²) >= 11 is 4.74. The molecule has 1 aromatic heterocycles. The molecule has 29 heavy (non-hydrogen) atoms. The van der Waals surface area contributed by atoms with Gasteiger partial charge in [0.25, 0.3) is 0 Å². The van der Waals surface area contributed by atoms with Gasteiger partial charge in [-0.1, -0.05) is 67.1 Å². The maximum absolute atomic E-state index is 12.7. The Morgan fingerprint density at radius 3 is 2.45 bits per heavy atom. The lowest BCUT2D eigenvalue weighted by molar-refractivity contribution is -0.135. The fourth-order valence-corrected chi connectivity index (χ4v) is 3.78. The Balaban J connectivity index is 1.95. The third kappa shape index (κ3) is 7.51. The molecule has 0 fully saturated rings. The number of hydrogen-bond acceptors (Lipinski definition) is 5. The van der Waals surface area contributed by atoms with Crippen LogP contribution >= 0.6 is 27.3 Å². The van der Waals surface area contributed by atoms with Crippen molar-refractivity contribution < 1.29 is 9.59 Å². The normalized spacial score (nSPS) is 12.5. The Bertz CT molecular complexity index is 830. The minimum absolute atomic E-state index is 0.0823. The zero-order valence-electron chi connectivity index (χ0n) is 17.7. The molecular formula is C21H29BrN4O2S. The topological polar surface area (TPSA) is 75.2 Å². The van der Waals surface area contributed by atoms with E-state index in [1.54, 1.807) is 0 Å². The lowest BCUT2D eigenvalue weighted by Gasteiger charge is -2.31. The first-order chi connectivity index (χ1) is 13.6. The van der Waals surface area contributed by atoms with Crippen LogP contribution in [0.3, 0.4) is 0 Å². The van der Waals surface area contributed by atoms with E-state index in [1.807, 2.05) is 63.8 Å². The van der Waals surface area contributed by atoms with Crippen LogP contribution in [0.5, 0.6) is 0 Å². The average Bonchev–Trinajstić information content (AvgIpc) is 3.09. The first-order valence-corrected chi connectivity index (χ1v) is 11.4. The van der Waals surface area contributed by atoms with Crippen molar-refractivity contribution in [3.8, 4) is 10.6 Å². The number of aromatic nitrogens is 2. The van der Waals surface area contributed by atoms with Crippen LogP contribution in [0.25, 0.3) is 10.6 Å². The molecule has 0 aliphatic heterocycles. The molecule has 8 heteroatoms. The van der Waals surface area contributed by atoms with Gasteiger partial charge in [0.2, 0.25) is 16.9 Å². The summed E-state index contributed by atoms with van der Waals surface area (Å²) in [6.07, 6.45) is 1.55. The van der Waals surface area contributed by atoms with Gasteiger partial charge in [-0.2, -0.15) is 0 Å². The molecule has 2 amide bonds. The van der Waals surface area contributed by atoms with E-state index in [1.165, 1.54) is 11.3 Å². The van der Waals surface area contributed by atoms with Gasteiger partial charge < -0.3 is 10.2 Å². The molecule has 2 aromatic rings. The summed E-state index contributed by atoms with van der Waals surface area (Å²) in [6, 6.07) is 7.87. The van der Waals surface area contributed by atoms with Crippen molar-refractivity contribution in [2.24, 2.45) is 5.41 Å². The molecule has 1 atom stereocenters. The molecular weight excluding hydrogens is 452 g/mol. The second-order valence-corrected chi connectivity index (χ2v) is 10.2. The lowest BCUT2D eigenvalue weighted by Crippen LogP contribution is -2.41. The predicted octanol–water partition coefficient (Wildman–Crippen LogP) is 5.36. The van der Waals surface area contributed by atoms with Crippen LogP contribution in [0.1, 0.15) is 53.9 Å². The molecule has 1 unspecified atom stereocenters. The van der Waals surface area contributed by atoms with Crippen LogP contribution in [0, 0.1) is 5.41 Å².